The quantitative estimate of drug-likeness (QED) is 0.553. The summed E-state index contributed by atoms with van der Waals surface area (Å²) in [4.78, 5) is 27.1. The molecule has 0 saturated heterocycles. The van der Waals surface area contributed by atoms with Gasteiger partial charge in [0.05, 0.1) is 5.56 Å². The number of hydrogen-bond donors (Lipinski definition) is 3. The number of phenols is 1. The van der Waals surface area contributed by atoms with E-state index in [0.717, 1.165) is 22.3 Å². The largest absolute Gasteiger partial charge is 0.507 e. The Kier molecular flexibility index (Phi) is 4.96. The van der Waals surface area contributed by atoms with Crippen LogP contribution < -0.4 is 0 Å². The number of hydrogen-bond acceptors (Lipinski definition) is 5. The van der Waals surface area contributed by atoms with Crippen molar-refractivity contribution in [1.29, 1.82) is 0 Å². The number of carbonyl (C=O) groups excluding carboxylic acids is 2. The molecule has 3 aliphatic rings. The van der Waals surface area contributed by atoms with Crippen LogP contribution in [0.1, 0.15) is 43.4 Å². The number of fused-ring (bicyclic) bond motifs is 3. The SMILES string of the molecule is C=C(C)C1=C(C)C[C@@H]2C[C@@H]3Cc4c(-c5ccccc5)cc(C)c(O)c4C(O)=C3C(=O)[C@]2(O)C1=O. The molecule has 174 valence electrons. The van der Waals surface area contributed by atoms with Crippen LogP contribution in [0.3, 0.4) is 0 Å². The van der Waals surface area contributed by atoms with Crippen LogP contribution in [-0.4, -0.2) is 32.5 Å². The van der Waals surface area contributed by atoms with E-state index in [1.165, 1.54) is 0 Å². The van der Waals surface area contributed by atoms with Crippen molar-refractivity contribution in [2.24, 2.45) is 11.8 Å². The van der Waals surface area contributed by atoms with Gasteiger partial charge in [-0.1, -0.05) is 42.5 Å². The molecule has 0 amide bonds. The van der Waals surface area contributed by atoms with Crippen molar-refractivity contribution >= 4 is 17.3 Å². The molecular formula is C29H28O5. The van der Waals surface area contributed by atoms with Gasteiger partial charge in [0, 0.05) is 17.1 Å². The first-order valence-electron chi connectivity index (χ1n) is 11.6. The first-order valence-corrected chi connectivity index (χ1v) is 11.6. The van der Waals surface area contributed by atoms with Crippen molar-refractivity contribution in [1.82, 2.24) is 0 Å². The minimum absolute atomic E-state index is 0.0418. The molecule has 0 bridgehead atoms. The highest BCUT2D eigenvalue weighted by atomic mass is 16.3. The van der Waals surface area contributed by atoms with Gasteiger partial charge in [-0.05, 0) is 79.8 Å². The van der Waals surface area contributed by atoms with E-state index in [1.807, 2.05) is 43.3 Å². The number of aromatic hydroxyl groups is 1. The molecule has 5 nitrogen and oxygen atoms in total. The lowest BCUT2D eigenvalue weighted by atomic mass is 9.57. The first-order chi connectivity index (χ1) is 16.1. The van der Waals surface area contributed by atoms with Gasteiger partial charge in [-0.15, -0.1) is 0 Å². The Morgan fingerprint density at radius 3 is 2.38 bits per heavy atom. The monoisotopic (exact) mass is 456 g/mol. The van der Waals surface area contributed by atoms with E-state index in [4.69, 9.17) is 0 Å². The van der Waals surface area contributed by atoms with Gasteiger partial charge >= 0.3 is 0 Å². The average molecular weight is 457 g/mol. The van der Waals surface area contributed by atoms with E-state index in [-0.39, 0.29) is 28.6 Å². The third-order valence-electron chi connectivity index (χ3n) is 7.76. The Morgan fingerprint density at radius 2 is 1.74 bits per heavy atom. The zero-order chi connectivity index (χ0) is 24.5. The number of phenolic OH excluding ortho intramolecular Hbond substituents is 1. The van der Waals surface area contributed by atoms with Crippen molar-refractivity contribution in [2.75, 3.05) is 0 Å². The summed E-state index contributed by atoms with van der Waals surface area (Å²) in [6, 6.07) is 11.6. The fourth-order valence-corrected chi connectivity index (χ4v) is 6.20. The maximum Gasteiger partial charge on any atom is 0.202 e. The maximum atomic E-state index is 13.7. The molecule has 1 saturated carbocycles. The summed E-state index contributed by atoms with van der Waals surface area (Å²) in [5.41, 5.74) is 2.87. The lowest BCUT2D eigenvalue weighted by Crippen LogP contribution is -2.60. The number of ketones is 2. The second-order valence-corrected chi connectivity index (χ2v) is 9.97. The molecule has 5 heteroatoms. The second-order valence-electron chi connectivity index (χ2n) is 9.97. The van der Waals surface area contributed by atoms with E-state index < -0.39 is 23.1 Å². The summed E-state index contributed by atoms with van der Waals surface area (Å²) in [6.45, 7) is 9.15. The Balaban J connectivity index is 1.72. The minimum Gasteiger partial charge on any atom is -0.507 e. The zero-order valence-electron chi connectivity index (χ0n) is 19.6. The number of benzene rings is 2. The van der Waals surface area contributed by atoms with Gasteiger partial charge in [0.15, 0.2) is 5.60 Å². The Hall–Kier alpha value is -3.44. The Morgan fingerprint density at radius 1 is 1.06 bits per heavy atom. The van der Waals surface area contributed by atoms with E-state index >= 15 is 0 Å². The number of allylic oxidation sites excluding steroid dienone is 2. The highest BCUT2D eigenvalue weighted by Crippen LogP contribution is 2.53. The number of Topliss-reactive ketones (excluding diaryl/α,β-unsaturated/α-hetero) is 2. The number of rotatable bonds is 2. The van der Waals surface area contributed by atoms with Crippen LogP contribution in [0.4, 0.5) is 0 Å². The molecule has 1 fully saturated rings. The molecule has 3 N–H and O–H groups in total. The summed E-state index contributed by atoms with van der Waals surface area (Å²) in [5.74, 6) is -2.75. The number of carbonyl (C=O) groups is 2. The molecular weight excluding hydrogens is 428 g/mol. The third kappa shape index (κ3) is 2.90. The van der Waals surface area contributed by atoms with Crippen LogP contribution in [0.15, 0.2) is 65.3 Å². The molecule has 3 aliphatic carbocycles. The topological polar surface area (TPSA) is 94.8 Å². The Bertz CT molecular complexity index is 1340. The lowest BCUT2D eigenvalue weighted by Gasteiger charge is -2.46. The van der Waals surface area contributed by atoms with Crippen LogP contribution in [-0.2, 0) is 16.0 Å². The molecule has 0 unspecified atom stereocenters. The molecule has 0 aliphatic heterocycles. The normalized spacial score (nSPS) is 26.2. The van der Waals surface area contributed by atoms with Gasteiger partial charge in [-0.3, -0.25) is 9.59 Å². The molecule has 0 heterocycles. The van der Waals surface area contributed by atoms with Crippen molar-refractivity contribution < 1.29 is 24.9 Å². The molecule has 0 aromatic heterocycles. The van der Waals surface area contributed by atoms with Gasteiger partial charge in [-0.2, -0.15) is 0 Å². The van der Waals surface area contributed by atoms with Crippen molar-refractivity contribution in [2.45, 2.75) is 45.6 Å². The number of aryl methyl sites for hydroxylation is 1. The van der Waals surface area contributed by atoms with Crippen LogP contribution in [0, 0.1) is 18.8 Å². The van der Waals surface area contributed by atoms with Crippen LogP contribution in [0.2, 0.25) is 0 Å². The Labute approximate surface area is 198 Å². The maximum absolute atomic E-state index is 13.7. The van der Waals surface area contributed by atoms with E-state index in [1.54, 1.807) is 13.8 Å². The van der Waals surface area contributed by atoms with Crippen LogP contribution in [0.25, 0.3) is 16.9 Å². The van der Waals surface area contributed by atoms with Crippen molar-refractivity contribution in [3.63, 3.8) is 0 Å². The summed E-state index contributed by atoms with van der Waals surface area (Å²) in [5, 5.41) is 33.8. The smallest absolute Gasteiger partial charge is 0.202 e. The highest BCUT2D eigenvalue weighted by Gasteiger charge is 2.60. The van der Waals surface area contributed by atoms with E-state index in [0.29, 0.717) is 36.0 Å². The van der Waals surface area contributed by atoms with Crippen LogP contribution >= 0.6 is 0 Å². The van der Waals surface area contributed by atoms with Gasteiger partial charge in [-0.25, -0.2) is 0 Å². The number of aliphatic hydroxyl groups is 2. The van der Waals surface area contributed by atoms with Crippen LogP contribution in [0.5, 0.6) is 5.75 Å². The standard InChI is InChI=1S/C29H28O5/c1-14(2)22-15(3)10-19-12-18-13-21-20(17-8-6-5-7-9-17)11-16(4)25(30)24(21)26(31)23(18)28(33)29(19,34)27(22)32/h5-9,11,18-19,30-31,34H,1,10,12-13H2,2-4H3/t18-,19-,29-/m1/s1. The van der Waals surface area contributed by atoms with Gasteiger partial charge < -0.3 is 15.3 Å². The highest BCUT2D eigenvalue weighted by molar-refractivity contribution is 6.26. The van der Waals surface area contributed by atoms with E-state index in [2.05, 4.69) is 6.58 Å². The third-order valence-corrected chi connectivity index (χ3v) is 7.76. The van der Waals surface area contributed by atoms with Gasteiger partial charge in [0.25, 0.3) is 0 Å². The number of aliphatic hydroxyl groups excluding tert-OH is 1. The molecule has 0 spiro atoms. The van der Waals surface area contributed by atoms with Gasteiger partial charge in [0.1, 0.15) is 11.5 Å². The predicted molar refractivity (Wildman–Crippen MR) is 130 cm³/mol. The molecule has 3 atom stereocenters. The van der Waals surface area contributed by atoms with Gasteiger partial charge in [0.2, 0.25) is 11.6 Å². The first kappa shape index (κ1) is 22.4. The van der Waals surface area contributed by atoms with E-state index in [9.17, 15) is 24.9 Å². The fraction of sp³-hybridized carbons (Fsp3) is 0.310. The summed E-state index contributed by atoms with van der Waals surface area (Å²) in [7, 11) is 0. The fourth-order valence-electron chi connectivity index (χ4n) is 6.20. The average Bonchev–Trinajstić information content (AvgIpc) is 2.79. The summed E-state index contributed by atoms with van der Waals surface area (Å²) < 4.78 is 0. The molecule has 2 aromatic carbocycles. The summed E-state index contributed by atoms with van der Waals surface area (Å²) in [6.07, 6.45) is 1.23. The predicted octanol–water partition coefficient (Wildman–Crippen LogP) is 4.99. The zero-order valence-corrected chi connectivity index (χ0v) is 19.6. The second kappa shape index (κ2) is 7.54. The van der Waals surface area contributed by atoms with Crippen molar-refractivity contribution in [3.05, 3.63) is 82.0 Å². The molecule has 2 aromatic rings. The molecule has 5 rings (SSSR count). The minimum atomic E-state index is -2.23. The summed E-state index contributed by atoms with van der Waals surface area (Å²) >= 11 is 0. The molecule has 34 heavy (non-hydrogen) atoms. The lowest BCUT2D eigenvalue weighted by molar-refractivity contribution is -0.157. The molecule has 0 radical (unpaired) electrons. The van der Waals surface area contributed by atoms with Crippen molar-refractivity contribution in [3.8, 4) is 16.9 Å².